The third-order valence-corrected chi connectivity index (χ3v) is 3.78. The minimum absolute atomic E-state index is 0.504. The fraction of sp³-hybridized carbons (Fsp3) is 0.429. The molecular formula is C14H18N4. The van der Waals surface area contributed by atoms with Gasteiger partial charge < -0.3 is 11.1 Å². The Morgan fingerprint density at radius 3 is 2.83 bits per heavy atom. The SMILES string of the molecule is NCC1CCCC1Nc1ccc2nccnc2c1. The van der Waals surface area contributed by atoms with Crippen LogP contribution in [0.4, 0.5) is 5.69 Å². The fourth-order valence-corrected chi connectivity index (χ4v) is 2.78. The highest BCUT2D eigenvalue weighted by atomic mass is 14.9. The van der Waals surface area contributed by atoms with Crippen molar-refractivity contribution in [2.24, 2.45) is 11.7 Å². The topological polar surface area (TPSA) is 63.8 Å². The number of benzene rings is 1. The molecular weight excluding hydrogens is 224 g/mol. The van der Waals surface area contributed by atoms with Crippen LogP contribution in [0.3, 0.4) is 0 Å². The monoisotopic (exact) mass is 242 g/mol. The number of anilines is 1. The van der Waals surface area contributed by atoms with Gasteiger partial charge in [-0.2, -0.15) is 0 Å². The first-order valence-corrected chi connectivity index (χ1v) is 6.54. The summed E-state index contributed by atoms with van der Waals surface area (Å²) in [6.45, 7) is 0.769. The number of hydrogen-bond acceptors (Lipinski definition) is 4. The summed E-state index contributed by atoms with van der Waals surface area (Å²) in [4.78, 5) is 8.60. The first-order valence-electron chi connectivity index (χ1n) is 6.54. The summed E-state index contributed by atoms with van der Waals surface area (Å²) in [6, 6.07) is 6.65. The van der Waals surface area contributed by atoms with Gasteiger partial charge in [-0.1, -0.05) is 6.42 Å². The molecule has 2 unspecified atom stereocenters. The predicted molar refractivity (Wildman–Crippen MR) is 73.3 cm³/mol. The average Bonchev–Trinajstić information content (AvgIpc) is 2.86. The lowest BCUT2D eigenvalue weighted by Gasteiger charge is -2.20. The van der Waals surface area contributed by atoms with Crippen molar-refractivity contribution in [1.29, 1.82) is 0 Å². The maximum absolute atomic E-state index is 5.81. The van der Waals surface area contributed by atoms with Crippen molar-refractivity contribution < 1.29 is 0 Å². The number of nitrogens with two attached hydrogens (primary N) is 1. The summed E-state index contributed by atoms with van der Waals surface area (Å²) in [5.74, 6) is 0.600. The highest BCUT2D eigenvalue weighted by Crippen LogP contribution is 2.28. The third-order valence-electron chi connectivity index (χ3n) is 3.78. The van der Waals surface area contributed by atoms with Crippen molar-refractivity contribution in [3.63, 3.8) is 0 Å². The van der Waals surface area contributed by atoms with Gasteiger partial charge in [-0.3, -0.25) is 9.97 Å². The van der Waals surface area contributed by atoms with E-state index in [4.69, 9.17) is 5.73 Å². The minimum Gasteiger partial charge on any atom is -0.382 e. The summed E-state index contributed by atoms with van der Waals surface area (Å²) < 4.78 is 0. The van der Waals surface area contributed by atoms with Crippen LogP contribution >= 0.6 is 0 Å². The Morgan fingerprint density at radius 1 is 1.17 bits per heavy atom. The molecule has 2 atom stereocenters. The number of aromatic nitrogens is 2. The molecule has 94 valence electrons. The molecule has 1 saturated carbocycles. The molecule has 1 aromatic carbocycles. The van der Waals surface area contributed by atoms with E-state index in [2.05, 4.69) is 27.4 Å². The van der Waals surface area contributed by atoms with Gasteiger partial charge in [0.15, 0.2) is 0 Å². The molecule has 4 heteroatoms. The van der Waals surface area contributed by atoms with Crippen LogP contribution in [-0.2, 0) is 0 Å². The standard InChI is InChI=1S/C14H18N4/c15-9-10-2-1-3-12(10)18-11-4-5-13-14(8-11)17-7-6-16-13/h4-8,10,12,18H,1-3,9,15H2. The Kier molecular flexibility index (Phi) is 3.11. The molecule has 0 amide bonds. The summed E-state index contributed by atoms with van der Waals surface area (Å²) in [6.07, 6.45) is 7.16. The van der Waals surface area contributed by atoms with Gasteiger partial charge in [-0.25, -0.2) is 0 Å². The minimum atomic E-state index is 0.504. The first-order chi connectivity index (χ1) is 8.86. The Morgan fingerprint density at radius 2 is 2.00 bits per heavy atom. The van der Waals surface area contributed by atoms with Gasteiger partial charge in [0.05, 0.1) is 11.0 Å². The molecule has 0 radical (unpaired) electrons. The van der Waals surface area contributed by atoms with E-state index in [9.17, 15) is 0 Å². The Balaban J connectivity index is 1.82. The van der Waals surface area contributed by atoms with Gasteiger partial charge in [0, 0.05) is 24.1 Å². The number of hydrogen-bond donors (Lipinski definition) is 2. The molecule has 0 aliphatic heterocycles. The molecule has 3 rings (SSSR count). The summed E-state index contributed by atoms with van der Waals surface area (Å²) in [5.41, 5.74) is 8.79. The summed E-state index contributed by atoms with van der Waals surface area (Å²) in [7, 11) is 0. The second kappa shape index (κ2) is 4.90. The van der Waals surface area contributed by atoms with E-state index >= 15 is 0 Å². The Bertz CT molecular complexity index is 540. The lowest BCUT2D eigenvalue weighted by atomic mass is 10.0. The van der Waals surface area contributed by atoms with Crippen molar-refractivity contribution in [1.82, 2.24) is 9.97 Å². The van der Waals surface area contributed by atoms with Crippen LogP contribution in [0.15, 0.2) is 30.6 Å². The molecule has 1 heterocycles. The van der Waals surface area contributed by atoms with E-state index in [1.165, 1.54) is 19.3 Å². The van der Waals surface area contributed by atoms with Crippen molar-refractivity contribution in [2.45, 2.75) is 25.3 Å². The summed E-state index contributed by atoms with van der Waals surface area (Å²) in [5, 5.41) is 3.59. The molecule has 1 aromatic heterocycles. The van der Waals surface area contributed by atoms with Crippen LogP contribution < -0.4 is 11.1 Å². The molecule has 1 aliphatic rings. The van der Waals surface area contributed by atoms with E-state index in [-0.39, 0.29) is 0 Å². The van der Waals surface area contributed by atoms with Gasteiger partial charge in [0.25, 0.3) is 0 Å². The normalized spacial score (nSPS) is 23.4. The molecule has 2 aromatic rings. The van der Waals surface area contributed by atoms with Crippen molar-refractivity contribution in [3.8, 4) is 0 Å². The highest BCUT2D eigenvalue weighted by molar-refractivity contribution is 5.78. The molecule has 18 heavy (non-hydrogen) atoms. The average molecular weight is 242 g/mol. The smallest absolute Gasteiger partial charge is 0.0907 e. The maximum atomic E-state index is 5.81. The molecule has 1 aliphatic carbocycles. The molecule has 0 bridgehead atoms. The van der Waals surface area contributed by atoms with Gasteiger partial charge in [0.2, 0.25) is 0 Å². The number of nitrogens with one attached hydrogen (secondary N) is 1. The van der Waals surface area contributed by atoms with Gasteiger partial charge in [0.1, 0.15) is 0 Å². The van der Waals surface area contributed by atoms with Crippen LogP contribution in [0, 0.1) is 5.92 Å². The number of rotatable bonds is 3. The molecule has 4 nitrogen and oxygen atoms in total. The zero-order chi connectivity index (χ0) is 12.4. The van der Waals surface area contributed by atoms with E-state index in [0.29, 0.717) is 12.0 Å². The van der Waals surface area contributed by atoms with Gasteiger partial charge in [-0.15, -0.1) is 0 Å². The Labute approximate surface area is 107 Å². The second-order valence-corrected chi connectivity index (χ2v) is 4.94. The van der Waals surface area contributed by atoms with Gasteiger partial charge in [-0.05, 0) is 43.5 Å². The van der Waals surface area contributed by atoms with Crippen molar-refractivity contribution >= 4 is 16.7 Å². The first kappa shape index (κ1) is 11.4. The predicted octanol–water partition coefficient (Wildman–Crippen LogP) is 2.17. The lowest BCUT2D eigenvalue weighted by Crippen LogP contribution is -2.29. The van der Waals surface area contributed by atoms with Crippen molar-refractivity contribution in [3.05, 3.63) is 30.6 Å². The van der Waals surface area contributed by atoms with Crippen LogP contribution in [0.1, 0.15) is 19.3 Å². The van der Waals surface area contributed by atoms with E-state index < -0.39 is 0 Å². The van der Waals surface area contributed by atoms with Crippen LogP contribution in [0.25, 0.3) is 11.0 Å². The zero-order valence-corrected chi connectivity index (χ0v) is 10.3. The van der Waals surface area contributed by atoms with E-state index in [1.54, 1.807) is 12.4 Å². The maximum Gasteiger partial charge on any atom is 0.0907 e. The molecule has 0 saturated heterocycles. The fourth-order valence-electron chi connectivity index (χ4n) is 2.78. The van der Waals surface area contributed by atoms with Crippen molar-refractivity contribution in [2.75, 3.05) is 11.9 Å². The van der Waals surface area contributed by atoms with Crippen LogP contribution in [-0.4, -0.2) is 22.6 Å². The van der Waals surface area contributed by atoms with E-state index in [0.717, 1.165) is 23.3 Å². The summed E-state index contributed by atoms with van der Waals surface area (Å²) >= 11 is 0. The van der Waals surface area contributed by atoms with Crippen LogP contribution in [0.5, 0.6) is 0 Å². The quantitative estimate of drug-likeness (QED) is 0.865. The molecule has 3 N–H and O–H groups in total. The van der Waals surface area contributed by atoms with Gasteiger partial charge >= 0.3 is 0 Å². The second-order valence-electron chi connectivity index (χ2n) is 4.94. The third kappa shape index (κ3) is 2.16. The molecule has 1 fully saturated rings. The largest absolute Gasteiger partial charge is 0.382 e. The lowest BCUT2D eigenvalue weighted by molar-refractivity contribution is 0.516. The van der Waals surface area contributed by atoms with E-state index in [1.807, 2.05) is 6.07 Å². The van der Waals surface area contributed by atoms with Crippen LogP contribution in [0.2, 0.25) is 0 Å². The number of fused-ring (bicyclic) bond motifs is 1. The highest BCUT2D eigenvalue weighted by Gasteiger charge is 2.25. The number of nitrogens with zero attached hydrogens (tertiary/aromatic N) is 2. The zero-order valence-electron chi connectivity index (χ0n) is 10.3. The molecule has 0 spiro atoms. The Hall–Kier alpha value is -1.68.